The van der Waals surface area contributed by atoms with Gasteiger partial charge in [-0.25, -0.2) is 0 Å². The molecule has 0 aromatic heterocycles. The summed E-state index contributed by atoms with van der Waals surface area (Å²) in [6.45, 7) is 19.7. The Morgan fingerprint density at radius 1 is 1.05 bits per heavy atom. The minimum atomic E-state index is -0.579. The topological polar surface area (TPSA) is 74.3 Å². The normalized spacial score (nSPS) is 33.5. The van der Waals surface area contributed by atoms with Crippen molar-refractivity contribution in [2.75, 3.05) is 52.5 Å². The number of hydrogen-bond donors (Lipinski definition) is 1. The molecule has 0 aromatic carbocycles. The second-order valence-corrected chi connectivity index (χ2v) is 13.0. The molecule has 0 radical (unpaired) electrons. The number of carbonyl (C=O) groups is 2. The molecule has 4 rings (SSSR count). The molecule has 0 aromatic rings. The zero-order chi connectivity index (χ0) is 26.7. The predicted octanol–water partition coefficient (Wildman–Crippen LogP) is 2.96. The molecule has 212 valence electrons. The van der Waals surface area contributed by atoms with Gasteiger partial charge >= 0.3 is 0 Å². The SMILES string of the molecule is CC(C)C[C@@H]1NCCN([C@H](C(=O)N2CCC3(C[C@@H]2C)OCC(CN2CCCC2)CO3)[C@@H](C)C(C)C)C1=O. The van der Waals surface area contributed by atoms with E-state index in [1.807, 2.05) is 9.80 Å². The Labute approximate surface area is 224 Å². The molecule has 0 bridgehead atoms. The first-order valence-corrected chi connectivity index (χ1v) is 14.9. The van der Waals surface area contributed by atoms with Crippen LogP contribution < -0.4 is 5.32 Å². The Morgan fingerprint density at radius 3 is 2.32 bits per heavy atom. The molecule has 4 aliphatic rings. The highest BCUT2D eigenvalue weighted by Crippen LogP contribution is 2.37. The van der Waals surface area contributed by atoms with Gasteiger partial charge in [0, 0.05) is 51.0 Å². The van der Waals surface area contributed by atoms with Crippen LogP contribution in [0.25, 0.3) is 0 Å². The van der Waals surface area contributed by atoms with Crippen molar-refractivity contribution in [3.05, 3.63) is 0 Å². The lowest BCUT2D eigenvalue weighted by Gasteiger charge is -2.50. The molecule has 4 aliphatic heterocycles. The van der Waals surface area contributed by atoms with Crippen LogP contribution in [0.15, 0.2) is 0 Å². The van der Waals surface area contributed by atoms with Crippen LogP contribution in [-0.4, -0.2) is 103 Å². The minimum absolute atomic E-state index is 0.00252. The lowest BCUT2D eigenvalue weighted by molar-refractivity contribution is -0.303. The number of ether oxygens (including phenoxy) is 2. The van der Waals surface area contributed by atoms with Gasteiger partial charge in [0.1, 0.15) is 6.04 Å². The van der Waals surface area contributed by atoms with Crippen molar-refractivity contribution in [1.29, 1.82) is 0 Å². The molecule has 1 spiro atoms. The van der Waals surface area contributed by atoms with Crippen molar-refractivity contribution in [2.45, 2.75) is 97.6 Å². The summed E-state index contributed by atoms with van der Waals surface area (Å²) in [5.74, 6) is 0.799. The number of carbonyl (C=O) groups excluding carboxylic acids is 2. The first kappa shape index (κ1) is 28.8. The summed E-state index contributed by atoms with van der Waals surface area (Å²) in [6.07, 6.45) is 4.77. The van der Waals surface area contributed by atoms with E-state index in [9.17, 15) is 9.59 Å². The van der Waals surface area contributed by atoms with Gasteiger partial charge in [0.15, 0.2) is 5.79 Å². The van der Waals surface area contributed by atoms with Gasteiger partial charge in [-0.3, -0.25) is 9.59 Å². The molecule has 0 unspecified atom stereocenters. The maximum Gasteiger partial charge on any atom is 0.245 e. The van der Waals surface area contributed by atoms with Crippen molar-refractivity contribution >= 4 is 11.8 Å². The van der Waals surface area contributed by atoms with Crippen LogP contribution in [0.2, 0.25) is 0 Å². The van der Waals surface area contributed by atoms with E-state index >= 15 is 0 Å². The van der Waals surface area contributed by atoms with Crippen LogP contribution in [0, 0.1) is 23.7 Å². The lowest BCUT2D eigenvalue weighted by Crippen LogP contribution is -2.65. The molecule has 8 heteroatoms. The minimum Gasteiger partial charge on any atom is -0.349 e. The molecule has 4 atom stereocenters. The number of likely N-dealkylation sites (tertiary alicyclic amines) is 2. The molecule has 2 amide bonds. The molecule has 8 nitrogen and oxygen atoms in total. The highest BCUT2D eigenvalue weighted by atomic mass is 16.7. The summed E-state index contributed by atoms with van der Waals surface area (Å²) in [4.78, 5) is 34.1. The molecule has 4 saturated heterocycles. The van der Waals surface area contributed by atoms with Crippen molar-refractivity contribution in [1.82, 2.24) is 20.0 Å². The Morgan fingerprint density at radius 2 is 1.73 bits per heavy atom. The quantitative estimate of drug-likeness (QED) is 0.531. The van der Waals surface area contributed by atoms with Gasteiger partial charge in [-0.15, -0.1) is 0 Å². The van der Waals surface area contributed by atoms with Gasteiger partial charge in [0.05, 0.1) is 19.3 Å². The number of piperazine rings is 1. The third-order valence-electron chi connectivity index (χ3n) is 9.20. The van der Waals surface area contributed by atoms with Crippen LogP contribution in [0.5, 0.6) is 0 Å². The number of nitrogens with zero attached hydrogens (tertiary/aromatic N) is 3. The first-order chi connectivity index (χ1) is 17.6. The van der Waals surface area contributed by atoms with Crippen molar-refractivity contribution in [2.24, 2.45) is 23.7 Å². The van der Waals surface area contributed by atoms with Crippen LogP contribution >= 0.6 is 0 Å². The van der Waals surface area contributed by atoms with Gasteiger partial charge in [-0.1, -0.05) is 34.6 Å². The average molecular weight is 521 g/mol. The fraction of sp³-hybridized carbons (Fsp3) is 0.931. The summed E-state index contributed by atoms with van der Waals surface area (Å²) in [6, 6.07) is -0.635. The number of nitrogens with one attached hydrogen (secondary N) is 1. The van der Waals surface area contributed by atoms with Crippen LogP contribution in [0.4, 0.5) is 0 Å². The Bertz CT molecular complexity index is 776. The van der Waals surface area contributed by atoms with Crippen LogP contribution in [0.1, 0.15) is 73.6 Å². The van der Waals surface area contributed by atoms with Gasteiger partial charge in [-0.2, -0.15) is 0 Å². The molecular weight excluding hydrogens is 468 g/mol. The van der Waals surface area contributed by atoms with Crippen molar-refractivity contribution < 1.29 is 19.1 Å². The van der Waals surface area contributed by atoms with E-state index in [4.69, 9.17) is 9.47 Å². The second kappa shape index (κ2) is 12.3. The summed E-state index contributed by atoms with van der Waals surface area (Å²) < 4.78 is 12.8. The number of piperidine rings is 1. The molecule has 1 N–H and O–H groups in total. The van der Waals surface area contributed by atoms with Gasteiger partial charge in [-0.05, 0) is 57.0 Å². The molecular formula is C29H52N4O4. The maximum atomic E-state index is 14.2. The highest BCUT2D eigenvalue weighted by molar-refractivity contribution is 5.90. The molecule has 0 aliphatic carbocycles. The fourth-order valence-electron chi connectivity index (χ4n) is 6.69. The number of rotatable bonds is 8. The lowest BCUT2D eigenvalue weighted by atomic mass is 9.85. The molecule has 37 heavy (non-hydrogen) atoms. The summed E-state index contributed by atoms with van der Waals surface area (Å²) in [7, 11) is 0. The molecule has 4 heterocycles. The Hall–Kier alpha value is -1.22. The monoisotopic (exact) mass is 520 g/mol. The zero-order valence-electron chi connectivity index (χ0n) is 24.2. The highest BCUT2D eigenvalue weighted by Gasteiger charge is 2.48. The molecule has 4 fully saturated rings. The van der Waals surface area contributed by atoms with Gasteiger partial charge in [0.25, 0.3) is 0 Å². The van der Waals surface area contributed by atoms with Crippen molar-refractivity contribution in [3.8, 4) is 0 Å². The number of hydrogen-bond acceptors (Lipinski definition) is 6. The second-order valence-electron chi connectivity index (χ2n) is 13.0. The van der Waals surface area contributed by atoms with Gasteiger partial charge < -0.3 is 29.5 Å². The largest absolute Gasteiger partial charge is 0.349 e. The van der Waals surface area contributed by atoms with Crippen LogP contribution in [-0.2, 0) is 19.1 Å². The van der Waals surface area contributed by atoms with E-state index in [0.29, 0.717) is 43.7 Å². The predicted molar refractivity (Wildman–Crippen MR) is 145 cm³/mol. The fourth-order valence-corrected chi connectivity index (χ4v) is 6.69. The van der Waals surface area contributed by atoms with E-state index in [0.717, 1.165) is 32.7 Å². The summed E-state index contributed by atoms with van der Waals surface area (Å²) in [5, 5.41) is 3.39. The smallest absolute Gasteiger partial charge is 0.245 e. The van der Waals surface area contributed by atoms with E-state index in [1.54, 1.807) is 0 Å². The molecule has 0 saturated carbocycles. The van der Waals surface area contributed by atoms with E-state index in [2.05, 4.69) is 51.8 Å². The average Bonchev–Trinajstić information content (AvgIpc) is 3.36. The zero-order valence-corrected chi connectivity index (χ0v) is 24.2. The van der Waals surface area contributed by atoms with E-state index < -0.39 is 11.8 Å². The van der Waals surface area contributed by atoms with E-state index in [1.165, 1.54) is 25.9 Å². The summed E-state index contributed by atoms with van der Waals surface area (Å²) >= 11 is 0. The van der Waals surface area contributed by atoms with Gasteiger partial charge in [0.2, 0.25) is 11.8 Å². The van der Waals surface area contributed by atoms with Crippen molar-refractivity contribution in [3.63, 3.8) is 0 Å². The van der Waals surface area contributed by atoms with Crippen LogP contribution in [0.3, 0.4) is 0 Å². The third kappa shape index (κ3) is 6.68. The summed E-state index contributed by atoms with van der Waals surface area (Å²) in [5.41, 5.74) is 0. The standard InChI is InChI=1S/C29H52N4O4/c1-20(2)15-25-27(34)33(14-10-30-25)26(23(6)21(3)4)28(35)32-13-9-29(16-22(32)5)36-18-24(19-37-29)17-31-11-7-8-12-31/h20-26,30H,7-19H2,1-6H3/t22-,23-,24?,25-,26-,29?/m0/s1. The Balaban J connectivity index is 1.40. The number of amides is 2. The van der Waals surface area contributed by atoms with E-state index in [-0.39, 0.29) is 29.8 Å². The first-order valence-electron chi connectivity index (χ1n) is 14.9. The Kier molecular flexibility index (Phi) is 9.58. The third-order valence-corrected chi connectivity index (χ3v) is 9.20. The maximum absolute atomic E-state index is 14.2.